The summed E-state index contributed by atoms with van der Waals surface area (Å²) in [6.45, 7) is 1.74. The van der Waals surface area contributed by atoms with Gasteiger partial charge in [0.25, 0.3) is 5.69 Å². The van der Waals surface area contributed by atoms with E-state index in [2.05, 4.69) is 10.2 Å². The van der Waals surface area contributed by atoms with Gasteiger partial charge in [-0.05, 0) is 19.1 Å². The van der Waals surface area contributed by atoms with E-state index < -0.39 is 10.7 Å². The maximum Gasteiger partial charge on any atom is 0.282 e. The number of nitro groups is 1. The van der Waals surface area contributed by atoms with Crippen LogP contribution in [0.3, 0.4) is 0 Å². The Kier molecular flexibility index (Phi) is 3.30. The van der Waals surface area contributed by atoms with E-state index in [1.807, 2.05) is 0 Å². The van der Waals surface area contributed by atoms with Crippen molar-refractivity contribution in [2.75, 3.05) is 0 Å². The van der Waals surface area contributed by atoms with Gasteiger partial charge in [-0.3, -0.25) is 10.1 Å². The first kappa shape index (κ1) is 12.5. The molecule has 0 bridgehead atoms. The molecule has 0 spiro atoms. The van der Waals surface area contributed by atoms with Crippen molar-refractivity contribution in [3.8, 4) is 10.6 Å². The van der Waals surface area contributed by atoms with Gasteiger partial charge in [0.2, 0.25) is 0 Å². The van der Waals surface area contributed by atoms with Crippen molar-refractivity contribution in [3.63, 3.8) is 0 Å². The lowest BCUT2D eigenvalue weighted by molar-refractivity contribution is -0.384. The number of nitrogens with zero attached hydrogens (tertiary/aromatic N) is 3. The van der Waals surface area contributed by atoms with Gasteiger partial charge >= 0.3 is 0 Å². The van der Waals surface area contributed by atoms with Crippen LogP contribution >= 0.6 is 11.3 Å². The van der Waals surface area contributed by atoms with E-state index in [0.717, 1.165) is 23.5 Å². The number of hydrogen-bond donors (Lipinski definition) is 1. The minimum atomic E-state index is -0.664. The summed E-state index contributed by atoms with van der Waals surface area (Å²) in [5.74, 6) is -0.664. The predicted molar refractivity (Wildman–Crippen MR) is 64.6 cm³/mol. The average molecular weight is 268 g/mol. The van der Waals surface area contributed by atoms with Crippen molar-refractivity contribution >= 4 is 17.0 Å². The minimum Gasteiger partial charge on any atom is -0.322 e. The minimum absolute atomic E-state index is 0.241. The van der Waals surface area contributed by atoms with Crippen LogP contribution in [0.25, 0.3) is 10.6 Å². The standard InChI is InChI=1S/C10H9FN4O2S/c1-5(12)9-13-14-10(18-9)7-3-2-6(11)4-8(7)15(16)17/h2-5H,12H2,1H3. The fourth-order valence-electron chi connectivity index (χ4n) is 1.36. The second-order valence-corrected chi connectivity index (χ2v) is 4.66. The summed E-state index contributed by atoms with van der Waals surface area (Å²) in [6.07, 6.45) is 0. The Labute approximate surface area is 105 Å². The summed E-state index contributed by atoms with van der Waals surface area (Å²) in [6, 6.07) is 3.03. The zero-order valence-electron chi connectivity index (χ0n) is 9.33. The van der Waals surface area contributed by atoms with E-state index in [9.17, 15) is 14.5 Å². The molecule has 0 fully saturated rings. The smallest absolute Gasteiger partial charge is 0.282 e. The third-order valence-corrected chi connectivity index (χ3v) is 3.37. The zero-order chi connectivity index (χ0) is 13.3. The first-order chi connectivity index (χ1) is 8.49. The van der Waals surface area contributed by atoms with Crippen molar-refractivity contribution in [1.29, 1.82) is 0 Å². The van der Waals surface area contributed by atoms with Gasteiger partial charge in [0.1, 0.15) is 10.8 Å². The van der Waals surface area contributed by atoms with Crippen LogP contribution in [0.4, 0.5) is 10.1 Å². The monoisotopic (exact) mass is 268 g/mol. The number of halogens is 1. The van der Waals surface area contributed by atoms with Gasteiger partial charge in [0.15, 0.2) is 5.01 Å². The van der Waals surface area contributed by atoms with Gasteiger partial charge in [-0.15, -0.1) is 10.2 Å². The molecule has 0 aliphatic heterocycles. The second kappa shape index (κ2) is 4.75. The second-order valence-electron chi connectivity index (χ2n) is 3.65. The number of rotatable bonds is 3. The Morgan fingerprint density at radius 2 is 2.22 bits per heavy atom. The van der Waals surface area contributed by atoms with Crippen LogP contribution < -0.4 is 5.73 Å². The number of aromatic nitrogens is 2. The lowest BCUT2D eigenvalue weighted by Gasteiger charge is -1.98. The predicted octanol–water partition coefficient (Wildman–Crippen LogP) is 2.27. The lowest BCUT2D eigenvalue weighted by Crippen LogP contribution is -2.03. The van der Waals surface area contributed by atoms with E-state index in [4.69, 9.17) is 5.73 Å². The Hall–Kier alpha value is -1.93. The van der Waals surface area contributed by atoms with Crippen LogP contribution in [0.1, 0.15) is 18.0 Å². The van der Waals surface area contributed by atoms with Crippen LogP contribution in [0.5, 0.6) is 0 Å². The summed E-state index contributed by atoms with van der Waals surface area (Å²) >= 11 is 1.16. The molecule has 2 rings (SSSR count). The molecular weight excluding hydrogens is 259 g/mol. The van der Waals surface area contributed by atoms with Crippen molar-refractivity contribution in [2.45, 2.75) is 13.0 Å². The molecule has 0 saturated heterocycles. The topological polar surface area (TPSA) is 94.9 Å². The maximum atomic E-state index is 13.0. The molecule has 1 aromatic carbocycles. The number of nitro benzene ring substituents is 1. The largest absolute Gasteiger partial charge is 0.322 e. The summed E-state index contributed by atoms with van der Waals surface area (Å²) in [4.78, 5) is 10.2. The summed E-state index contributed by atoms with van der Waals surface area (Å²) in [7, 11) is 0. The fourth-order valence-corrected chi connectivity index (χ4v) is 2.19. The Morgan fingerprint density at radius 3 is 2.78 bits per heavy atom. The Balaban J connectivity index is 2.52. The normalized spacial score (nSPS) is 12.4. The highest BCUT2D eigenvalue weighted by molar-refractivity contribution is 7.14. The summed E-state index contributed by atoms with van der Waals surface area (Å²) in [5, 5.41) is 19.5. The van der Waals surface area contributed by atoms with E-state index >= 15 is 0 Å². The maximum absolute atomic E-state index is 13.0. The van der Waals surface area contributed by atoms with Crippen LogP contribution in [-0.4, -0.2) is 15.1 Å². The molecule has 6 nitrogen and oxygen atoms in total. The molecule has 1 heterocycles. The molecule has 0 amide bonds. The van der Waals surface area contributed by atoms with Crippen molar-refractivity contribution in [1.82, 2.24) is 10.2 Å². The third kappa shape index (κ3) is 2.34. The molecule has 94 valence electrons. The van der Waals surface area contributed by atoms with Crippen LogP contribution in [0.15, 0.2) is 18.2 Å². The molecular formula is C10H9FN4O2S. The number of benzene rings is 1. The van der Waals surface area contributed by atoms with Crippen LogP contribution in [0.2, 0.25) is 0 Å². The van der Waals surface area contributed by atoms with Crippen molar-refractivity contribution in [3.05, 3.63) is 39.1 Å². The van der Waals surface area contributed by atoms with Gasteiger partial charge in [-0.1, -0.05) is 11.3 Å². The highest BCUT2D eigenvalue weighted by Crippen LogP contribution is 2.33. The average Bonchev–Trinajstić information content (AvgIpc) is 2.78. The van der Waals surface area contributed by atoms with E-state index in [1.54, 1.807) is 6.92 Å². The van der Waals surface area contributed by atoms with Crippen LogP contribution in [0, 0.1) is 15.9 Å². The van der Waals surface area contributed by atoms with Gasteiger partial charge in [0, 0.05) is 0 Å². The molecule has 1 unspecified atom stereocenters. The highest BCUT2D eigenvalue weighted by atomic mass is 32.1. The first-order valence-corrected chi connectivity index (χ1v) is 5.84. The van der Waals surface area contributed by atoms with Gasteiger partial charge in [-0.25, -0.2) is 4.39 Å². The van der Waals surface area contributed by atoms with E-state index in [-0.39, 0.29) is 17.3 Å². The van der Waals surface area contributed by atoms with Gasteiger partial charge in [0.05, 0.1) is 22.6 Å². The third-order valence-electron chi connectivity index (χ3n) is 2.22. The van der Waals surface area contributed by atoms with Crippen molar-refractivity contribution < 1.29 is 9.31 Å². The summed E-state index contributed by atoms with van der Waals surface area (Å²) in [5.41, 5.74) is 5.55. The lowest BCUT2D eigenvalue weighted by atomic mass is 10.2. The molecule has 2 aromatic rings. The molecule has 18 heavy (non-hydrogen) atoms. The van der Waals surface area contributed by atoms with E-state index in [1.165, 1.54) is 6.07 Å². The molecule has 0 aliphatic rings. The molecule has 0 radical (unpaired) electrons. The molecule has 8 heteroatoms. The Morgan fingerprint density at radius 1 is 1.50 bits per heavy atom. The molecule has 0 saturated carbocycles. The molecule has 0 aliphatic carbocycles. The summed E-state index contributed by atoms with van der Waals surface area (Å²) < 4.78 is 13.0. The first-order valence-electron chi connectivity index (χ1n) is 5.02. The van der Waals surface area contributed by atoms with Gasteiger partial charge in [-0.2, -0.15) is 0 Å². The van der Waals surface area contributed by atoms with Crippen LogP contribution in [-0.2, 0) is 0 Å². The highest BCUT2D eigenvalue weighted by Gasteiger charge is 2.20. The van der Waals surface area contributed by atoms with E-state index in [0.29, 0.717) is 10.0 Å². The SMILES string of the molecule is CC(N)c1nnc(-c2ccc(F)cc2[N+](=O)[O-])s1. The molecule has 2 N–H and O–H groups in total. The molecule has 1 atom stereocenters. The number of nitrogens with two attached hydrogens (primary N) is 1. The Bertz CT molecular complexity index is 599. The number of hydrogen-bond acceptors (Lipinski definition) is 6. The van der Waals surface area contributed by atoms with Crippen molar-refractivity contribution in [2.24, 2.45) is 5.73 Å². The zero-order valence-corrected chi connectivity index (χ0v) is 10.1. The quantitative estimate of drug-likeness (QED) is 0.680. The fraction of sp³-hybridized carbons (Fsp3) is 0.200. The molecule has 1 aromatic heterocycles. The van der Waals surface area contributed by atoms with Gasteiger partial charge < -0.3 is 5.73 Å².